The third-order valence-corrected chi connectivity index (χ3v) is 3.52. The van der Waals surface area contributed by atoms with E-state index < -0.39 is 11.6 Å². The number of tetrazole rings is 1. The van der Waals surface area contributed by atoms with Crippen molar-refractivity contribution in [3.05, 3.63) is 52.1 Å². The Balaban J connectivity index is 2.11. The van der Waals surface area contributed by atoms with Crippen LogP contribution in [-0.2, 0) is 0 Å². The molecule has 3 rings (SSSR count). The number of benzene rings is 1. The number of rotatable bonds is 2. The Morgan fingerprint density at radius 3 is 2.77 bits per heavy atom. The molecule has 1 aromatic carbocycles. The summed E-state index contributed by atoms with van der Waals surface area (Å²) in [6.45, 7) is 0. The quantitative estimate of drug-likeness (QED) is 0.699. The van der Waals surface area contributed by atoms with Gasteiger partial charge in [-0.3, -0.25) is 0 Å². The summed E-state index contributed by atoms with van der Waals surface area (Å²) >= 11 is 3.06. The molecule has 0 aliphatic heterocycles. The first-order valence-corrected chi connectivity index (χ1v) is 6.70. The Hall–Kier alpha value is -2.73. The predicted octanol–water partition coefficient (Wildman–Crippen LogP) is 2.64. The molecular formula is C13H5BrF2N6. The van der Waals surface area contributed by atoms with Crippen LogP contribution in [0.25, 0.3) is 17.2 Å². The van der Waals surface area contributed by atoms with Gasteiger partial charge in [-0.1, -0.05) is 0 Å². The van der Waals surface area contributed by atoms with Gasteiger partial charge in [0.15, 0.2) is 5.82 Å². The van der Waals surface area contributed by atoms with Crippen LogP contribution in [0.1, 0.15) is 5.56 Å². The molecule has 0 saturated heterocycles. The summed E-state index contributed by atoms with van der Waals surface area (Å²) in [5.74, 6) is -1.29. The zero-order valence-electron chi connectivity index (χ0n) is 10.7. The molecule has 2 aromatic heterocycles. The van der Waals surface area contributed by atoms with Gasteiger partial charge in [-0.15, -0.1) is 15.0 Å². The number of hydrogen-bond donors (Lipinski definition) is 0. The van der Waals surface area contributed by atoms with E-state index in [1.165, 1.54) is 24.4 Å². The van der Waals surface area contributed by atoms with E-state index in [9.17, 15) is 8.78 Å². The molecule has 2 heterocycles. The van der Waals surface area contributed by atoms with E-state index in [1.807, 2.05) is 6.07 Å². The van der Waals surface area contributed by atoms with Crippen molar-refractivity contribution in [2.24, 2.45) is 0 Å². The largest absolute Gasteiger partial charge is 0.250 e. The summed E-state index contributed by atoms with van der Waals surface area (Å²) in [7, 11) is 0. The molecule has 0 saturated carbocycles. The first-order valence-electron chi connectivity index (χ1n) is 5.90. The second-order valence-electron chi connectivity index (χ2n) is 4.14. The lowest BCUT2D eigenvalue weighted by atomic mass is 10.2. The summed E-state index contributed by atoms with van der Waals surface area (Å²) < 4.78 is 27.5. The lowest BCUT2D eigenvalue weighted by Crippen LogP contribution is -2.02. The van der Waals surface area contributed by atoms with Crippen LogP contribution in [0.15, 0.2) is 34.9 Å². The summed E-state index contributed by atoms with van der Waals surface area (Å²) in [6.07, 6.45) is 1.39. The standard InChI is InChI=1S/C13H5BrF2N6/c14-11-9(16)4-7(6-17)5-10(11)22-20-13(19-21-22)12-8(15)2-1-3-18-12/h1-5H. The highest BCUT2D eigenvalue weighted by Crippen LogP contribution is 2.25. The van der Waals surface area contributed by atoms with Crippen LogP contribution in [0, 0.1) is 23.0 Å². The summed E-state index contributed by atoms with van der Waals surface area (Å²) in [5.41, 5.74) is 0.201. The van der Waals surface area contributed by atoms with Gasteiger partial charge in [0.2, 0.25) is 5.82 Å². The second-order valence-corrected chi connectivity index (χ2v) is 4.93. The zero-order chi connectivity index (χ0) is 15.7. The summed E-state index contributed by atoms with van der Waals surface area (Å²) in [5, 5.41) is 20.3. The molecule has 108 valence electrons. The molecule has 0 N–H and O–H groups in total. The van der Waals surface area contributed by atoms with Gasteiger partial charge in [0.05, 0.1) is 16.1 Å². The van der Waals surface area contributed by atoms with Gasteiger partial charge in [0.1, 0.15) is 17.2 Å². The fraction of sp³-hybridized carbons (Fsp3) is 0. The Kier molecular flexibility index (Phi) is 3.60. The Morgan fingerprint density at radius 1 is 1.23 bits per heavy atom. The predicted molar refractivity (Wildman–Crippen MR) is 74.7 cm³/mol. The second kappa shape index (κ2) is 5.57. The van der Waals surface area contributed by atoms with E-state index in [0.717, 1.165) is 10.9 Å². The van der Waals surface area contributed by atoms with Gasteiger partial charge < -0.3 is 0 Å². The van der Waals surface area contributed by atoms with Gasteiger partial charge >= 0.3 is 0 Å². The van der Waals surface area contributed by atoms with Crippen LogP contribution in [0.2, 0.25) is 0 Å². The highest BCUT2D eigenvalue weighted by Gasteiger charge is 2.16. The maximum atomic E-state index is 13.7. The topological polar surface area (TPSA) is 80.3 Å². The van der Waals surface area contributed by atoms with Crippen LogP contribution in [0.5, 0.6) is 0 Å². The van der Waals surface area contributed by atoms with Gasteiger partial charge in [0, 0.05) is 6.20 Å². The van der Waals surface area contributed by atoms with E-state index >= 15 is 0 Å². The lowest BCUT2D eigenvalue weighted by molar-refractivity contribution is 0.612. The average molecular weight is 363 g/mol. The monoisotopic (exact) mass is 362 g/mol. The molecular weight excluding hydrogens is 358 g/mol. The molecule has 0 atom stereocenters. The minimum absolute atomic E-state index is 0.0484. The van der Waals surface area contributed by atoms with Gasteiger partial charge in [-0.25, -0.2) is 13.8 Å². The molecule has 0 amide bonds. The molecule has 22 heavy (non-hydrogen) atoms. The van der Waals surface area contributed by atoms with Gasteiger partial charge in [0.25, 0.3) is 0 Å². The normalized spacial score (nSPS) is 10.5. The van der Waals surface area contributed by atoms with E-state index in [0.29, 0.717) is 0 Å². The fourth-order valence-corrected chi connectivity index (χ4v) is 2.13. The molecule has 0 radical (unpaired) electrons. The van der Waals surface area contributed by atoms with E-state index in [1.54, 1.807) is 0 Å². The molecule has 6 nitrogen and oxygen atoms in total. The average Bonchev–Trinajstić information content (AvgIpc) is 2.99. The number of nitrogens with zero attached hydrogens (tertiary/aromatic N) is 6. The maximum Gasteiger partial charge on any atom is 0.226 e. The van der Waals surface area contributed by atoms with Crippen molar-refractivity contribution >= 4 is 15.9 Å². The van der Waals surface area contributed by atoms with E-state index in [-0.39, 0.29) is 27.2 Å². The van der Waals surface area contributed by atoms with E-state index in [2.05, 4.69) is 36.3 Å². The molecule has 0 unspecified atom stereocenters. The molecule has 0 aliphatic carbocycles. The smallest absolute Gasteiger partial charge is 0.226 e. The zero-order valence-corrected chi connectivity index (χ0v) is 12.3. The fourth-order valence-electron chi connectivity index (χ4n) is 1.75. The van der Waals surface area contributed by atoms with Crippen LogP contribution in [0.4, 0.5) is 8.78 Å². The third kappa shape index (κ3) is 2.44. The number of aromatic nitrogens is 5. The maximum absolute atomic E-state index is 13.7. The Morgan fingerprint density at radius 2 is 2.05 bits per heavy atom. The van der Waals surface area contributed by atoms with Crippen molar-refractivity contribution in [3.63, 3.8) is 0 Å². The van der Waals surface area contributed by atoms with Crippen LogP contribution >= 0.6 is 15.9 Å². The molecule has 0 fully saturated rings. The van der Waals surface area contributed by atoms with E-state index in [4.69, 9.17) is 5.26 Å². The molecule has 3 aromatic rings. The SMILES string of the molecule is N#Cc1cc(F)c(Br)c(-n2nnc(-c3ncccc3F)n2)c1. The first kappa shape index (κ1) is 14.2. The van der Waals surface area contributed by atoms with Crippen LogP contribution in [-0.4, -0.2) is 25.2 Å². The number of halogens is 3. The Labute approximate surface area is 131 Å². The van der Waals surface area contributed by atoms with Crippen molar-refractivity contribution in [3.8, 4) is 23.3 Å². The molecule has 0 aliphatic rings. The van der Waals surface area contributed by atoms with Crippen molar-refractivity contribution < 1.29 is 8.78 Å². The van der Waals surface area contributed by atoms with Crippen molar-refractivity contribution in [2.45, 2.75) is 0 Å². The Bertz CT molecular complexity index is 902. The lowest BCUT2D eigenvalue weighted by Gasteiger charge is -2.03. The molecule has 0 spiro atoms. The van der Waals surface area contributed by atoms with Gasteiger partial charge in [-0.2, -0.15) is 5.26 Å². The minimum atomic E-state index is -0.642. The number of hydrogen-bond acceptors (Lipinski definition) is 5. The highest BCUT2D eigenvalue weighted by atomic mass is 79.9. The van der Waals surface area contributed by atoms with Crippen molar-refractivity contribution in [1.82, 2.24) is 25.2 Å². The molecule has 0 bridgehead atoms. The first-order chi connectivity index (χ1) is 10.6. The summed E-state index contributed by atoms with van der Waals surface area (Å²) in [6, 6.07) is 6.94. The van der Waals surface area contributed by atoms with Gasteiger partial charge in [-0.05, 0) is 45.4 Å². The number of pyridine rings is 1. The summed E-state index contributed by atoms with van der Waals surface area (Å²) in [4.78, 5) is 4.84. The molecule has 9 heteroatoms. The van der Waals surface area contributed by atoms with Crippen molar-refractivity contribution in [2.75, 3.05) is 0 Å². The van der Waals surface area contributed by atoms with Crippen LogP contribution < -0.4 is 0 Å². The minimum Gasteiger partial charge on any atom is -0.250 e. The third-order valence-electron chi connectivity index (χ3n) is 2.74. The number of nitriles is 1. The van der Waals surface area contributed by atoms with Crippen molar-refractivity contribution in [1.29, 1.82) is 5.26 Å². The highest BCUT2D eigenvalue weighted by molar-refractivity contribution is 9.10. The van der Waals surface area contributed by atoms with Crippen LogP contribution in [0.3, 0.4) is 0 Å².